The van der Waals surface area contributed by atoms with Crippen LogP contribution in [0, 0.1) is 5.92 Å². The van der Waals surface area contributed by atoms with Gasteiger partial charge in [0.15, 0.2) is 5.78 Å². The van der Waals surface area contributed by atoms with Crippen molar-refractivity contribution in [3.63, 3.8) is 0 Å². The molecular weight excluding hydrogens is 488 g/mol. The molecule has 0 aromatic heterocycles. The summed E-state index contributed by atoms with van der Waals surface area (Å²) in [4.78, 5) is 58.7. The summed E-state index contributed by atoms with van der Waals surface area (Å²) >= 11 is 6.04. The van der Waals surface area contributed by atoms with Crippen LogP contribution in [0.2, 0.25) is 5.02 Å². The molecule has 0 saturated heterocycles. The van der Waals surface area contributed by atoms with Crippen LogP contribution in [0.5, 0.6) is 0 Å². The summed E-state index contributed by atoms with van der Waals surface area (Å²) in [7, 11) is 0. The van der Waals surface area contributed by atoms with Gasteiger partial charge in [-0.05, 0) is 48.1 Å². The predicted molar refractivity (Wildman–Crippen MR) is 133 cm³/mol. The van der Waals surface area contributed by atoms with Crippen LogP contribution in [-0.2, 0) is 30.4 Å². The van der Waals surface area contributed by atoms with Crippen molar-refractivity contribution in [1.82, 2.24) is 5.32 Å². The van der Waals surface area contributed by atoms with Gasteiger partial charge in [-0.25, -0.2) is 0 Å². The number of primary amides is 1. The zero-order valence-electron chi connectivity index (χ0n) is 19.6. The molecule has 0 fully saturated rings. The maximum Gasteiger partial charge on any atom is 0.303 e. The fraction of sp³-hybridized carbons (Fsp3) is 0.346. The molecule has 0 bridgehead atoms. The number of hydrogen-bond acceptors (Lipinski definition) is 5. The second kappa shape index (κ2) is 14.0. The average Bonchev–Trinajstić information content (AvgIpc) is 2.82. The van der Waals surface area contributed by atoms with E-state index in [0.717, 1.165) is 16.7 Å². The third-order valence-corrected chi connectivity index (χ3v) is 5.92. The summed E-state index contributed by atoms with van der Waals surface area (Å²) in [5.74, 6) is -5.13. The maximum absolute atomic E-state index is 12.7. The van der Waals surface area contributed by atoms with Crippen molar-refractivity contribution in [1.29, 1.82) is 0 Å². The molecule has 0 heterocycles. The van der Waals surface area contributed by atoms with E-state index < -0.39 is 41.5 Å². The number of hydrogen-bond donors (Lipinski definition) is 4. The number of benzene rings is 2. The Morgan fingerprint density at radius 2 is 1.50 bits per heavy atom. The number of rotatable bonds is 15. The van der Waals surface area contributed by atoms with E-state index in [1.165, 1.54) is 0 Å². The number of amides is 2. The molecule has 192 valence electrons. The number of carbonyl (C=O) groups excluding carboxylic acids is 3. The molecule has 36 heavy (non-hydrogen) atoms. The van der Waals surface area contributed by atoms with Gasteiger partial charge in [0, 0.05) is 36.6 Å². The van der Waals surface area contributed by atoms with Crippen molar-refractivity contribution >= 4 is 41.1 Å². The lowest BCUT2D eigenvalue weighted by molar-refractivity contribution is -0.139. The molecule has 9 nitrogen and oxygen atoms in total. The van der Waals surface area contributed by atoms with E-state index in [2.05, 4.69) is 5.32 Å². The fourth-order valence-corrected chi connectivity index (χ4v) is 3.86. The van der Waals surface area contributed by atoms with Crippen LogP contribution in [-0.4, -0.2) is 45.8 Å². The number of aliphatic carboxylic acids is 2. The van der Waals surface area contributed by atoms with Crippen molar-refractivity contribution in [3.8, 4) is 11.1 Å². The van der Waals surface area contributed by atoms with Crippen molar-refractivity contribution in [2.75, 3.05) is 0 Å². The summed E-state index contributed by atoms with van der Waals surface area (Å²) < 4.78 is 0. The first-order chi connectivity index (χ1) is 17.0. The van der Waals surface area contributed by atoms with Gasteiger partial charge >= 0.3 is 11.9 Å². The lowest BCUT2D eigenvalue weighted by Gasteiger charge is -2.19. The molecule has 0 aliphatic heterocycles. The Hall–Kier alpha value is -3.72. The Morgan fingerprint density at radius 1 is 0.861 bits per heavy atom. The van der Waals surface area contributed by atoms with Gasteiger partial charge < -0.3 is 21.3 Å². The maximum atomic E-state index is 12.7. The van der Waals surface area contributed by atoms with Crippen LogP contribution in [0.15, 0.2) is 48.5 Å². The highest BCUT2D eigenvalue weighted by Gasteiger charge is 2.27. The minimum absolute atomic E-state index is 0.0611. The summed E-state index contributed by atoms with van der Waals surface area (Å²) in [5, 5.41) is 21.0. The molecule has 0 radical (unpaired) electrons. The zero-order chi connectivity index (χ0) is 26.7. The van der Waals surface area contributed by atoms with E-state index >= 15 is 0 Å². The van der Waals surface area contributed by atoms with Gasteiger partial charge in [0.2, 0.25) is 11.8 Å². The highest BCUT2D eigenvalue weighted by Crippen LogP contribution is 2.23. The summed E-state index contributed by atoms with van der Waals surface area (Å²) in [6, 6.07) is 13.9. The van der Waals surface area contributed by atoms with Crippen LogP contribution in [0.4, 0.5) is 0 Å². The molecule has 2 rings (SSSR count). The van der Waals surface area contributed by atoms with E-state index in [9.17, 15) is 24.0 Å². The molecule has 2 aromatic carbocycles. The summed E-state index contributed by atoms with van der Waals surface area (Å²) in [5.41, 5.74) is 8.12. The summed E-state index contributed by atoms with van der Waals surface area (Å²) in [6.07, 6.45) is -0.908. The van der Waals surface area contributed by atoms with E-state index in [4.69, 9.17) is 27.5 Å². The smallest absolute Gasteiger partial charge is 0.303 e. The van der Waals surface area contributed by atoms with E-state index in [1.807, 2.05) is 42.5 Å². The van der Waals surface area contributed by atoms with Crippen LogP contribution in [0.1, 0.15) is 44.1 Å². The fourth-order valence-electron chi connectivity index (χ4n) is 3.67. The Labute approximate surface area is 213 Å². The second-order valence-corrected chi connectivity index (χ2v) is 8.90. The lowest BCUT2D eigenvalue weighted by Crippen LogP contribution is -2.43. The molecule has 2 amide bonds. The summed E-state index contributed by atoms with van der Waals surface area (Å²) in [6.45, 7) is 0. The molecule has 0 spiro atoms. The third kappa shape index (κ3) is 9.87. The molecular formula is C26H29ClN2O7. The van der Waals surface area contributed by atoms with Crippen molar-refractivity contribution < 1.29 is 34.2 Å². The van der Waals surface area contributed by atoms with Crippen molar-refractivity contribution in [2.45, 2.75) is 51.0 Å². The highest BCUT2D eigenvalue weighted by molar-refractivity contribution is 6.30. The van der Waals surface area contributed by atoms with Crippen LogP contribution >= 0.6 is 11.6 Å². The zero-order valence-corrected chi connectivity index (χ0v) is 20.4. The lowest BCUT2D eigenvalue weighted by atomic mass is 9.92. The standard InChI is InChI=1S/C26H29ClN2O7/c27-20-3-1-2-18(14-20)17-7-4-16(5-8-17)6-11-23(31)29-21(10-13-25(34)35)22(30)15-19(26(28)36)9-12-24(32)33/h1-5,7-8,14,19,21H,6,9-13,15H2,(H2,28,36)(H,29,31)(H,32,33)(H,34,35)/t19-,21+/m1/s1. The van der Waals surface area contributed by atoms with Gasteiger partial charge in [-0.3, -0.25) is 24.0 Å². The van der Waals surface area contributed by atoms with Crippen LogP contribution in [0.3, 0.4) is 0 Å². The predicted octanol–water partition coefficient (Wildman–Crippen LogP) is 3.21. The number of ketones is 1. The quantitative estimate of drug-likeness (QED) is 0.282. The minimum Gasteiger partial charge on any atom is -0.481 e. The topological polar surface area (TPSA) is 164 Å². The number of aryl methyl sites for hydroxylation is 1. The van der Waals surface area contributed by atoms with Crippen LogP contribution < -0.4 is 11.1 Å². The second-order valence-electron chi connectivity index (χ2n) is 8.46. The first-order valence-corrected chi connectivity index (χ1v) is 11.8. The van der Waals surface area contributed by atoms with Gasteiger partial charge in [-0.2, -0.15) is 0 Å². The Kier molecular flexibility index (Phi) is 11.1. The van der Waals surface area contributed by atoms with Gasteiger partial charge in [-0.15, -0.1) is 0 Å². The van der Waals surface area contributed by atoms with Crippen molar-refractivity contribution in [2.24, 2.45) is 11.7 Å². The Bertz CT molecular complexity index is 1100. The van der Waals surface area contributed by atoms with E-state index in [-0.39, 0.29) is 38.5 Å². The largest absolute Gasteiger partial charge is 0.481 e. The molecule has 10 heteroatoms. The normalized spacial score (nSPS) is 12.4. The number of carbonyl (C=O) groups is 5. The molecule has 5 N–H and O–H groups in total. The number of carboxylic acid groups (broad SMARTS) is 2. The SMILES string of the molecule is NC(=O)[C@H](CCC(=O)O)CC(=O)[C@H](CCC(=O)O)NC(=O)CCc1ccc(-c2cccc(Cl)c2)cc1. The van der Waals surface area contributed by atoms with Gasteiger partial charge in [0.25, 0.3) is 0 Å². The molecule has 0 saturated carbocycles. The van der Waals surface area contributed by atoms with E-state index in [1.54, 1.807) is 6.07 Å². The number of halogens is 1. The van der Waals surface area contributed by atoms with Gasteiger partial charge in [0.1, 0.15) is 0 Å². The first-order valence-electron chi connectivity index (χ1n) is 11.4. The number of carboxylic acids is 2. The number of nitrogens with one attached hydrogen (secondary N) is 1. The first kappa shape index (κ1) is 28.5. The number of nitrogens with two attached hydrogens (primary N) is 1. The number of Topliss-reactive ketones (excluding diaryl/α,β-unsaturated/α-hetero) is 1. The average molecular weight is 517 g/mol. The molecule has 0 unspecified atom stereocenters. The Balaban J connectivity index is 1.98. The van der Waals surface area contributed by atoms with Crippen molar-refractivity contribution in [3.05, 3.63) is 59.1 Å². The molecule has 2 atom stereocenters. The van der Waals surface area contributed by atoms with E-state index in [0.29, 0.717) is 11.4 Å². The van der Waals surface area contributed by atoms with Gasteiger partial charge in [-0.1, -0.05) is 48.0 Å². The Morgan fingerprint density at radius 3 is 2.08 bits per heavy atom. The van der Waals surface area contributed by atoms with Gasteiger partial charge in [0.05, 0.1) is 6.04 Å². The molecule has 2 aromatic rings. The monoisotopic (exact) mass is 516 g/mol. The third-order valence-electron chi connectivity index (χ3n) is 5.68. The molecule has 0 aliphatic carbocycles. The molecule has 0 aliphatic rings. The van der Waals surface area contributed by atoms with Crippen LogP contribution in [0.25, 0.3) is 11.1 Å². The highest BCUT2D eigenvalue weighted by atomic mass is 35.5. The minimum atomic E-state index is -1.14.